The number of hydrogen-bond donors (Lipinski definition) is 3. The van der Waals surface area contributed by atoms with Crippen LogP contribution in [-0.2, 0) is 32.1 Å². The number of nitrogens with one attached hydrogen (secondary N) is 2. The van der Waals surface area contributed by atoms with Gasteiger partial charge in [0.25, 0.3) is 5.91 Å². The number of ether oxygens (including phenoxy) is 3. The van der Waals surface area contributed by atoms with Crippen LogP contribution in [0.1, 0.15) is 38.3 Å². The fraction of sp³-hybridized carbons (Fsp3) is 0.448. The van der Waals surface area contributed by atoms with Crippen LogP contribution in [0.4, 0.5) is 18.0 Å². The highest BCUT2D eigenvalue weighted by Gasteiger charge is 2.36. The van der Waals surface area contributed by atoms with Crippen LogP contribution in [0.3, 0.4) is 0 Å². The monoisotopic (exact) mass is 639 g/mol. The van der Waals surface area contributed by atoms with Crippen LogP contribution in [0.25, 0.3) is 0 Å². The topological polar surface area (TPSA) is 144 Å². The fourth-order valence-corrected chi connectivity index (χ4v) is 5.69. The Bertz CT molecular complexity index is 1440. The lowest BCUT2D eigenvalue weighted by atomic mass is 10.0. The van der Waals surface area contributed by atoms with Gasteiger partial charge in [0.15, 0.2) is 28.5 Å². The molecule has 0 bridgehead atoms. The summed E-state index contributed by atoms with van der Waals surface area (Å²) in [5.74, 6) is -4.76. The minimum Gasteiger partial charge on any atom is -0.485 e. The van der Waals surface area contributed by atoms with E-state index in [1.54, 1.807) is 39.0 Å². The number of halogens is 3. The van der Waals surface area contributed by atoms with Gasteiger partial charge < -0.3 is 34.9 Å². The molecule has 3 N–H and O–H groups in total. The van der Waals surface area contributed by atoms with E-state index in [4.69, 9.17) is 19.3 Å². The zero-order valence-electron chi connectivity index (χ0n) is 24.2. The summed E-state index contributed by atoms with van der Waals surface area (Å²) in [6.45, 7) is 5.04. The van der Waals surface area contributed by atoms with Crippen molar-refractivity contribution in [1.29, 1.82) is 0 Å². The fourth-order valence-electron chi connectivity index (χ4n) is 4.53. The van der Waals surface area contributed by atoms with Crippen molar-refractivity contribution in [3.63, 3.8) is 0 Å². The van der Waals surface area contributed by atoms with Gasteiger partial charge in [-0.3, -0.25) is 9.59 Å². The van der Waals surface area contributed by atoms with Crippen molar-refractivity contribution in [2.45, 2.75) is 63.3 Å². The Labute approximate surface area is 255 Å². The number of carbonyl (C=O) groups excluding carboxylic acids is 3. The number of nitrogens with zero attached hydrogens (tertiary/aromatic N) is 1. The molecule has 1 fully saturated rings. The molecule has 0 radical (unpaired) electrons. The Morgan fingerprint density at radius 2 is 1.82 bits per heavy atom. The van der Waals surface area contributed by atoms with Crippen LogP contribution >= 0.6 is 11.8 Å². The summed E-state index contributed by atoms with van der Waals surface area (Å²) in [4.78, 5) is 51.5. The van der Waals surface area contributed by atoms with Crippen LogP contribution in [0.15, 0.2) is 30.3 Å². The van der Waals surface area contributed by atoms with Gasteiger partial charge in [-0.15, -0.1) is 11.8 Å². The van der Waals surface area contributed by atoms with Crippen LogP contribution in [0.5, 0.6) is 11.5 Å². The first-order chi connectivity index (χ1) is 20.7. The third kappa shape index (κ3) is 8.49. The van der Waals surface area contributed by atoms with Crippen molar-refractivity contribution in [3.05, 3.63) is 58.9 Å². The molecule has 3 unspecified atom stereocenters. The third-order valence-corrected chi connectivity index (χ3v) is 7.75. The van der Waals surface area contributed by atoms with E-state index in [0.717, 1.165) is 0 Å². The summed E-state index contributed by atoms with van der Waals surface area (Å²) in [7, 11) is 0. The maximum Gasteiger partial charge on any atom is 0.407 e. The minimum absolute atomic E-state index is 0.0785. The number of carboxylic acids is 1. The largest absolute Gasteiger partial charge is 0.485 e. The lowest BCUT2D eigenvalue weighted by Crippen LogP contribution is -2.48. The first-order valence-corrected chi connectivity index (χ1v) is 14.7. The minimum atomic E-state index is -1.37. The molecule has 2 aliphatic heterocycles. The Morgan fingerprint density at radius 1 is 1.09 bits per heavy atom. The molecule has 3 amide bonds. The molecule has 2 heterocycles. The van der Waals surface area contributed by atoms with Crippen molar-refractivity contribution < 1.29 is 51.7 Å². The Hall–Kier alpha value is -4.14. The highest BCUT2D eigenvalue weighted by molar-refractivity contribution is 8.00. The molecule has 1 saturated heterocycles. The second-order valence-corrected chi connectivity index (χ2v) is 12.4. The Morgan fingerprint density at radius 3 is 2.52 bits per heavy atom. The molecule has 0 aromatic heterocycles. The van der Waals surface area contributed by atoms with Gasteiger partial charge in [0.2, 0.25) is 12.0 Å². The van der Waals surface area contributed by atoms with Gasteiger partial charge in [-0.2, -0.15) is 0 Å². The number of alkyl carbamates (subject to hydrolysis) is 1. The van der Waals surface area contributed by atoms with Crippen molar-refractivity contribution >= 4 is 35.6 Å². The highest BCUT2D eigenvalue weighted by atomic mass is 32.2. The average molecular weight is 640 g/mol. The molecule has 4 rings (SSSR count). The van der Waals surface area contributed by atoms with E-state index in [1.807, 2.05) is 0 Å². The molecule has 0 aliphatic carbocycles. The van der Waals surface area contributed by atoms with Gasteiger partial charge in [0.1, 0.15) is 18.0 Å². The van der Waals surface area contributed by atoms with Gasteiger partial charge in [-0.25, -0.2) is 22.8 Å². The number of thioether (sulfide) groups is 1. The number of rotatable bonds is 9. The SMILES string of the molecule is CC(C)(C)OC(=O)NC(CC(=O)N1CCSC1C(=O)NCc1ccc2c(c1)OCC(C(=O)O)O2)Cc1cc(F)c(F)cc1F. The summed E-state index contributed by atoms with van der Waals surface area (Å²) >= 11 is 1.24. The van der Waals surface area contributed by atoms with Gasteiger partial charge in [0.05, 0.1) is 0 Å². The lowest BCUT2D eigenvalue weighted by molar-refractivity contribution is -0.147. The molecule has 3 atom stereocenters. The zero-order chi connectivity index (χ0) is 32.2. The van der Waals surface area contributed by atoms with E-state index in [-0.39, 0.29) is 43.9 Å². The van der Waals surface area contributed by atoms with E-state index >= 15 is 0 Å². The number of aliphatic carboxylic acids is 1. The smallest absolute Gasteiger partial charge is 0.407 e. The second kappa shape index (κ2) is 13.7. The summed E-state index contributed by atoms with van der Waals surface area (Å²) in [5.41, 5.74) is -0.482. The molecule has 11 nitrogen and oxygen atoms in total. The quantitative estimate of drug-likeness (QED) is 0.352. The number of benzene rings is 2. The molecule has 15 heteroatoms. The normalized spacial score (nSPS) is 18.4. The van der Waals surface area contributed by atoms with Crippen molar-refractivity contribution in [2.75, 3.05) is 18.9 Å². The maximum absolute atomic E-state index is 14.4. The Kier molecular flexibility index (Phi) is 10.2. The van der Waals surface area contributed by atoms with Crippen molar-refractivity contribution in [3.8, 4) is 11.5 Å². The van der Waals surface area contributed by atoms with E-state index < -0.39 is 64.4 Å². The summed E-state index contributed by atoms with van der Waals surface area (Å²) < 4.78 is 57.9. The van der Waals surface area contributed by atoms with E-state index in [9.17, 15) is 32.3 Å². The van der Waals surface area contributed by atoms with E-state index in [2.05, 4.69) is 10.6 Å². The molecular formula is C29H32F3N3O8S. The maximum atomic E-state index is 14.4. The van der Waals surface area contributed by atoms with Crippen molar-refractivity contribution in [1.82, 2.24) is 15.5 Å². The second-order valence-electron chi connectivity index (χ2n) is 11.2. The standard InChI is InChI=1S/C29H32F3N3O8S/c1-29(2,3)43-28(40)34-17(9-16-10-19(31)20(32)12-18(16)30)11-24(36)35-6-7-44-26(35)25(37)33-13-15-4-5-21-22(8-15)41-14-23(42-21)27(38)39/h4-5,8,10,12,17,23,26H,6-7,9,11,13-14H2,1-3H3,(H,33,37)(H,34,40)(H,38,39). The molecule has 44 heavy (non-hydrogen) atoms. The number of amides is 3. The molecule has 0 spiro atoms. The van der Waals surface area contributed by atoms with Crippen LogP contribution in [-0.4, -0.2) is 75.9 Å². The summed E-state index contributed by atoms with van der Waals surface area (Å²) in [5, 5.41) is 13.5. The number of carboxylic acid groups (broad SMARTS) is 1. The molecule has 238 valence electrons. The molecule has 2 aliphatic rings. The van der Waals surface area contributed by atoms with Crippen molar-refractivity contribution in [2.24, 2.45) is 0 Å². The molecule has 0 saturated carbocycles. The number of carbonyl (C=O) groups is 4. The van der Waals surface area contributed by atoms with Crippen LogP contribution in [0.2, 0.25) is 0 Å². The van der Waals surface area contributed by atoms with Gasteiger partial charge in [-0.1, -0.05) is 6.07 Å². The zero-order valence-corrected chi connectivity index (χ0v) is 25.0. The predicted molar refractivity (Wildman–Crippen MR) is 152 cm³/mol. The first-order valence-electron chi connectivity index (χ1n) is 13.7. The summed E-state index contributed by atoms with van der Waals surface area (Å²) in [6.07, 6.45) is -2.72. The average Bonchev–Trinajstić information content (AvgIpc) is 3.43. The lowest BCUT2D eigenvalue weighted by Gasteiger charge is -2.27. The van der Waals surface area contributed by atoms with E-state index in [1.165, 1.54) is 16.7 Å². The molecular weight excluding hydrogens is 607 g/mol. The van der Waals surface area contributed by atoms with E-state index in [0.29, 0.717) is 29.2 Å². The van der Waals surface area contributed by atoms with Crippen LogP contribution < -0.4 is 20.1 Å². The van der Waals surface area contributed by atoms with Gasteiger partial charge >= 0.3 is 12.1 Å². The third-order valence-electron chi connectivity index (χ3n) is 6.54. The van der Waals surface area contributed by atoms with Crippen LogP contribution in [0, 0.1) is 17.5 Å². The molecule has 2 aromatic carbocycles. The van der Waals surface area contributed by atoms with Gasteiger partial charge in [-0.05, 0) is 56.5 Å². The summed E-state index contributed by atoms with van der Waals surface area (Å²) in [6, 6.07) is 4.79. The highest BCUT2D eigenvalue weighted by Crippen LogP contribution is 2.33. The Balaban J connectivity index is 1.41. The first kappa shape index (κ1) is 32.8. The van der Waals surface area contributed by atoms with Gasteiger partial charge in [0, 0.05) is 37.4 Å². The number of hydrogen-bond acceptors (Lipinski definition) is 8. The number of fused-ring (bicyclic) bond motifs is 1. The molecule has 2 aromatic rings. The predicted octanol–water partition coefficient (Wildman–Crippen LogP) is 3.37.